The van der Waals surface area contributed by atoms with Crippen LogP contribution >= 0.6 is 11.3 Å². The number of thiophene rings is 1. The zero-order chi connectivity index (χ0) is 20.6. The van der Waals surface area contributed by atoms with Gasteiger partial charge in [0.2, 0.25) is 21.8 Å². The van der Waals surface area contributed by atoms with E-state index in [1.807, 2.05) is 17.5 Å². The van der Waals surface area contributed by atoms with Crippen LogP contribution < -0.4 is 4.72 Å². The van der Waals surface area contributed by atoms with Gasteiger partial charge in [-0.3, -0.25) is 14.5 Å². The van der Waals surface area contributed by atoms with Crippen LogP contribution in [0.25, 0.3) is 0 Å². The number of rotatable bonds is 6. The van der Waals surface area contributed by atoms with Crippen molar-refractivity contribution < 1.29 is 18.0 Å². The van der Waals surface area contributed by atoms with Gasteiger partial charge in [-0.2, -0.15) is 0 Å². The molecule has 0 spiro atoms. The Labute approximate surface area is 175 Å². The summed E-state index contributed by atoms with van der Waals surface area (Å²) in [5.41, 5.74) is 1.27. The average Bonchev–Trinajstić information content (AvgIpc) is 3.31. The molecule has 6 nitrogen and oxygen atoms in total. The van der Waals surface area contributed by atoms with Crippen LogP contribution in [-0.2, 0) is 32.7 Å². The summed E-state index contributed by atoms with van der Waals surface area (Å²) in [7, 11) is -3.70. The van der Waals surface area contributed by atoms with Crippen molar-refractivity contribution in [1.29, 1.82) is 0 Å². The van der Waals surface area contributed by atoms with Crippen molar-refractivity contribution in [2.45, 2.75) is 50.6 Å². The third kappa shape index (κ3) is 4.01. The van der Waals surface area contributed by atoms with E-state index in [4.69, 9.17) is 0 Å². The number of aryl methyl sites for hydroxylation is 1. The van der Waals surface area contributed by atoms with Crippen LogP contribution in [0.4, 0.5) is 0 Å². The second-order valence-corrected chi connectivity index (χ2v) is 10.5. The number of likely N-dealkylation sites (tertiary alicyclic amines) is 1. The normalized spacial score (nSPS) is 22.2. The van der Waals surface area contributed by atoms with E-state index in [1.54, 1.807) is 25.1 Å². The van der Waals surface area contributed by atoms with Gasteiger partial charge in [0.25, 0.3) is 0 Å². The summed E-state index contributed by atoms with van der Waals surface area (Å²) in [6, 6.07) is 8.85. The van der Waals surface area contributed by atoms with Crippen molar-refractivity contribution in [3.63, 3.8) is 0 Å². The molecule has 1 saturated carbocycles. The van der Waals surface area contributed by atoms with E-state index in [1.165, 1.54) is 16.2 Å². The third-order valence-corrected chi connectivity index (χ3v) is 8.25. The Morgan fingerprint density at radius 3 is 2.41 bits per heavy atom. The second-order valence-electron chi connectivity index (χ2n) is 7.76. The van der Waals surface area contributed by atoms with Gasteiger partial charge in [0.15, 0.2) is 0 Å². The molecule has 29 heavy (non-hydrogen) atoms. The molecule has 1 aliphatic heterocycles. The summed E-state index contributed by atoms with van der Waals surface area (Å²) < 4.78 is 28.3. The second kappa shape index (κ2) is 8.01. The fourth-order valence-corrected chi connectivity index (χ4v) is 6.29. The minimum absolute atomic E-state index is 0.111. The molecule has 0 bridgehead atoms. The number of nitrogens with zero attached hydrogens (tertiary/aromatic N) is 1. The lowest BCUT2D eigenvalue weighted by Gasteiger charge is -2.19. The number of nitrogens with one attached hydrogen (secondary N) is 1. The largest absolute Gasteiger partial charge is 0.278 e. The van der Waals surface area contributed by atoms with Gasteiger partial charge in [-0.15, -0.1) is 11.3 Å². The number of carbonyl (C=O) groups is 2. The maximum absolute atomic E-state index is 12.8. The quantitative estimate of drug-likeness (QED) is 0.711. The molecule has 2 amide bonds. The van der Waals surface area contributed by atoms with E-state index in [9.17, 15) is 18.0 Å². The molecule has 2 heterocycles. The molecular weight excluding hydrogens is 408 g/mol. The predicted molar refractivity (Wildman–Crippen MR) is 111 cm³/mol. The number of carbonyl (C=O) groups excluding carboxylic acids is 2. The Balaban J connectivity index is 1.54. The smallest absolute Gasteiger partial charge is 0.241 e. The first-order valence-corrected chi connectivity index (χ1v) is 12.2. The average molecular weight is 433 g/mol. The fourth-order valence-electron chi connectivity index (χ4n) is 4.26. The molecule has 1 saturated heterocycles. The van der Waals surface area contributed by atoms with Gasteiger partial charge in [0.05, 0.1) is 23.3 Å². The summed E-state index contributed by atoms with van der Waals surface area (Å²) in [6.07, 6.45) is 3.51. The maximum atomic E-state index is 12.8. The van der Waals surface area contributed by atoms with Crippen molar-refractivity contribution in [1.82, 2.24) is 9.62 Å². The number of amides is 2. The third-order valence-electron chi connectivity index (χ3n) is 5.83. The molecular formula is C21H24N2O4S2. The van der Waals surface area contributed by atoms with Crippen LogP contribution in [0.15, 0.2) is 40.6 Å². The topological polar surface area (TPSA) is 83.6 Å². The monoisotopic (exact) mass is 432 g/mol. The Morgan fingerprint density at radius 2 is 1.79 bits per heavy atom. The van der Waals surface area contributed by atoms with Gasteiger partial charge in [0.1, 0.15) is 0 Å². The van der Waals surface area contributed by atoms with Crippen molar-refractivity contribution in [3.05, 3.63) is 51.7 Å². The van der Waals surface area contributed by atoms with Crippen molar-refractivity contribution in [2.75, 3.05) is 0 Å². The first-order valence-electron chi connectivity index (χ1n) is 9.83. The van der Waals surface area contributed by atoms with Crippen LogP contribution in [0, 0.1) is 18.8 Å². The molecule has 154 valence electrons. The Kier molecular flexibility index (Phi) is 5.59. The number of hydrogen-bond donors (Lipinski definition) is 1. The molecule has 4 rings (SSSR count). The number of imide groups is 1. The molecule has 0 unspecified atom stereocenters. The van der Waals surface area contributed by atoms with Gasteiger partial charge in [-0.05, 0) is 48.4 Å². The predicted octanol–water partition coefficient (Wildman–Crippen LogP) is 3.21. The van der Waals surface area contributed by atoms with Crippen LogP contribution in [0.2, 0.25) is 0 Å². The van der Waals surface area contributed by atoms with E-state index in [0.717, 1.165) is 30.6 Å². The molecule has 2 fully saturated rings. The zero-order valence-corrected chi connectivity index (χ0v) is 17.9. The van der Waals surface area contributed by atoms with Crippen molar-refractivity contribution in [3.8, 4) is 0 Å². The summed E-state index contributed by atoms with van der Waals surface area (Å²) in [4.78, 5) is 27.9. The Hall–Kier alpha value is -2.03. The highest BCUT2D eigenvalue weighted by Crippen LogP contribution is 2.38. The summed E-state index contributed by atoms with van der Waals surface area (Å²) in [6.45, 7) is 2.10. The molecule has 8 heteroatoms. The molecule has 1 aliphatic carbocycles. The molecule has 2 atom stereocenters. The number of sulfonamides is 1. The zero-order valence-electron chi connectivity index (χ0n) is 16.3. The van der Waals surface area contributed by atoms with Crippen molar-refractivity contribution >= 4 is 33.2 Å². The minimum atomic E-state index is -3.70. The summed E-state index contributed by atoms with van der Waals surface area (Å²) >= 11 is 1.49. The first-order chi connectivity index (χ1) is 13.9. The van der Waals surface area contributed by atoms with Crippen LogP contribution in [-0.4, -0.2) is 25.1 Å². The molecule has 2 aliphatic rings. The van der Waals surface area contributed by atoms with E-state index < -0.39 is 10.0 Å². The fraction of sp³-hybridized carbons (Fsp3) is 0.429. The van der Waals surface area contributed by atoms with Crippen LogP contribution in [0.1, 0.15) is 41.7 Å². The van der Waals surface area contributed by atoms with Gasteiger partial charge >= 0.3 is 0 Å². The number of fused-ring (bicyclic) bond motifs is 1. The lowest BCUT2D eigenvalue weighted by molar-refractivity contribution is -0.140. The van der Waals surface area contributed by atoms with Crippen LogP contribution in [0.5, 0.6) is 0 Å². The van der Waals surface area contributed by atoms with E-state index in [-0.39, 0.29) is 41.6 Å². The highest BCUT2D eigenvalue weighted by molar-refractivity contribution is 7.89. The molecule has 2 aromatic rings. The lowest BCUT2D eigenvalue weighted by Crippen LogP contribution is -2.30. The standard InChI is InChI=1S/C21H24N2O4S2/c1-14-8-9-15(11-19(14)29(26,27)22-12-16-5-4-10-28-16)13-23-20(24)17-6-2-3-7-18(17)21(23)25/h4-5,8-11,17-18,22H,2-3,6-7,12-13H2,1H3/t17-,18+. The van der Waals surface area contributed by atoms with E-state index in [0.29, 0.717) is 11.1 Å². The highest BCUT2D eigenvalue weighted by atomic mass is 32.2. The first kappa shape index (κ1) is 20.3. The molecule has 1 aromatic heterocycles. The van der Waals surface area contributed by atoms with Gasteiger partial charge in [-0.1, -0.05) is 31.0 Å². The Morgan fingerprint density at radius 1 is 1.10 bits per heavy atom. The minimum Gasteiger partial charge on any atom is -0.278 e. The molecule has 1 aromatic carbocycles. The van der Waals surface area contributed by atoms with Gasteiger partial charge in [0, 0.05) is 11.4 Å². The maximum Gasteiger partial charge on any atom is 0.241 e. The summed E-state index contributed by atoms with van der Waals surface area (Å²) in [5.74, 6) is -0.615. The number of hydrogen-bond acceptors (Lipinski definition) is 5. The van der Waals surface area contributed by atoms with Gasteiger partial charge < -0.3 is 0 Å². The lowest BCUT2D eigenvalue weighted by atomic mass is 9.81. The van der Waals surface area contributed by atoms with Crippen molar-refractivity contribution in [2.24, 2.45) is 11.8 Å². The Bertz CT molecular complexity index is 1010. The molecule has 0 radical (unpaired) electrons. The highest BCUT2D eigenvalue weighted by Gasteiger charge is 2.47. The number of benzene rings is 1. The summed E-state index contributed by atoms with van der Waals surface area (Å²) in [5, 5.41) is 1.90. The van der Waals surface area contributed by atoms with E-state index >= 15 is 0 Å². The SMILES string of the molecule is Cc1ccc(CN2C(=O)[C@H]3CCCC[C@H]3C2=O)cc1S(=O)(=O)NCc1cccs1. The molecule has 1 N–H and O–H groups in total. The van der Waals surface area contributed by atoms with E-state index in [2.05, 4.69) is 4.72 Å². The van der Waals surface area contributed by atoms with Crippen LogP contribution in [0.3, 0.4) is 0 Å². The van der Waals surface area contributed by atoms with Gasteiger partial charge in [-0.25, -0.2) is 13.1 Å².